The molecule has 7 nitrogen and oxygen atoms in total. The largest absolute Gasteiger partial charge is 0.388 e. The Hall–Kier alpha value is -3.66. The van der Waals surface area contributed by atoms with Crippen molar-refractivity contribution in [1.29, 1.82) is 0 Å². The van der Waals surface area contributed by atoms with E-state index >= 15 is 0 Å². The maximum Gasteiger partial charge on any atom is 0.253 e. The summed E-state index contributed by atoms with van der Waals surface area (Å²) in [6, 6.07) is 14.6. The normalized spacial score (nSPS) is 13.3. The molecule has 0 aliphatic carbocycles. The molecule has 3 aromatic carbocycles. The van der Waals surface area contributed by atoms with Crippen LogP contribution in [-0.2, 0) is 17.6 Å². The maximum absolute atomic E-state index is 14.0. The molecule has 3 N–H and O–H groups in total. The van der Waals surface area contributed by atoms with Crippen molar-refractivity contribution in [1.82, 2.24) is 10.2 Å². The predicted octanol–water partition coefficient (Wildman–Crippen LogP) is 5.17. The molecule has 0 fully saturated rings. The minimum atomic E-state index is -1.53. The molecule has 3 rings (SSSR count). The van der Waals surface area contributed by atoms with Crippen LogP contribution in [0.1, 0.15) is 69.7 Å². The zero-order valence-corrected chi connectivity index (χ0v) is 26.0. The van der Waals surface area contributed by atoms with Gasteiger partial charge in [0.15, 0.2) is 0 Å². The third-order valence-electron chi connectivity index (χ3n) is 7.31. The highest BCUT2D eigenvalue weighted by atomic mass is 19.1. The second-order valence-corrected chi connectivity index (χ2v) is 11.3. The Morgan fingerprint density at radius 2 is 1.45 bits per heavy atom. The number of halogens is 2. The first-order chi connectivity index (χ1) is 21.0. The Morgan fingerprint density at radius 1 is 0.841 bits per heavy atom. The average Bonchev–Trinajstić information content (AvgIpc) is 2.98. The van der Waals surface area contributed by atoms with Crippen LogP contribution in [0.25, 0.3) is 0 Å². The fourth-order valence-corrected chi connectivity index (χ4v) is 5.08. The number of hydrogen-bond acceptors (Lipinski definition) is 5. The van der Waals surface area contributed by atoms with Gasteiger partial charge >= 0.3 is 0 Å². The molecule has 3 atom stereocenters. The van der Waals surface area contributed by atoms with E-state index in [0.717, 1.165) is 42.2 Å². The Kier molecular flexibility index (Phi) is 13.4. The molecule has 0 bridgehead atoms. The number of amides is 2. The first kappa shape index (κ1) is 34.8. The Labute approximate surface area is 258 Å². The van der Waals surface area contributed by atoms with E-state index in [1.807, 2.05) is 45.0 Å². The number of benzene rings is 3. The van der Waals surface area contributed by atoms with Crippen molar-refractivity contribution in [3.63, 3.8) is 0 Å². The van der Waals surface area contributed by atoms with Gasteiger partial charge in [-0.25, -0.2) is 8.78 Å². The highest BCUT2D eigenvalue weighted by Crippen LogP contribution is 2.17. The van der Waals surface area contributed by atoms with Crippen LogP contribution in [0.15, 0.2) is 60.7 Å². The minimum absolute atomic E-state index is 0.166. The van der Waals surface area contributed by atoms with Gasteiger partial charge in [0.25, 0.3) is 11.8 Å². The van der Waals surface area contributed by atoms with Crippen LogP contribution in [0.2, 0.25) is 0 Å². The SMILES string of the molecule is CCCN(CCC)C(=O)c1cc(C)cc(C(=O)N[C@H](Cc2cc(F)cc(F)c2)[C@@H](O)[C@H](O)COCCc2ccc(C)cc2)c1. The van der Waals surface area contributed by atoms with E-state index in [2.05, 4.69) is 5.32 Å². The van der Waals surface area contributed by atoms with Crippen LogP contribution in [0.5, 0.6) is 0 Å². The van der Waals surface area contributed by atoms with Crippen LogP contribution in [0, 0.1) is 25.5 Å². The van der Waals surface area contributed by atoms with Gasteiger partial charge in [0.1, 0.15) is 23.8 Å². The third-order valence-corrected chi connectivity index (χ3v) is 7.31. The molecule has 0 aliphatic rings. The van der Waals surface area contributed by atoms with Crippen molar-refractivity contribution in [3.05, 3.63) is 106 Å². The number of hydrogen-bond donors (Lipinski definition) is 3. The van der Waals surface area contributed by atoms with Crippen LogP contribution < -0.4 is 5.32 Å². The van der Waals surface area contributed by atoms with E-state index in [1.54, 1.807) is 24.0 Å². The number of carbonyl (C=O) groups is 2. The summed E-state index contributed by atoms with van der Waals surface area (Å²) in [7, 11) is 0. The van der Waals surface area contributed by atoms with Gasteiger partial charge in [-0.2, -0.15) is 0 Å². The quantitative estimate of drug-likeness (QED) is 0.195. The molecule has 0 radical (unpaired) electrons. The first-order valence-corrected chi connectivity index (χ1v) is 15.2. The number of rotatable bonds is 16. The molecule has 0 heterocycles. The summed E-state index contributed by atoms with van der Waals surface area (Å²) in [6.07, 6.45) is -0.899. The van der Waals surface area contributed by atoms with Gasteiger partial charge in [0.2, 0.25) is 0 Å². The van der Waals surface area contributed by atoms with Crippen LogP contribution in [-0.4, -0.2) is 71.5 Å². The number of nitrogens with zero attached hydrogens (tertiary/aromatic N) is 1. The lowest BCUT2D eigenvalue weighted by Crippen LogP contribution is -2.51. The smallest absolute Gasteiger partial charge is 0.253 e. The number of aryl methyl sites for hydroxylation is 2. The molecule has 0 saturated heterocycles. The molecule has 0 saturated carbocycles. The van der Waals surface area contributed by atoms with Crippen molar-refractivity contribution in [2.45, 2.75) is 71.6 Å². The zero-order chi connectivity index (χ0) is 32.2. The van der Waals surface area contributed by atoms with Gasteiger partial charge < -0.3 is 25.2 Å². The van der Waals surface area contributed by atoms with Gasteiger partial charge in [-0.1, -0.05) is 43.7 Å². The van der Waals surface area contributed by atoms with E-state index in [0.29, 0.717) is 37.2 Å². The summed E-state index contributed by atoms with van der Waals surface area (Å²) in [4.78, 5) is 28.5. The molecule has 0 spiro atoms. The molecule has 0 aliphatic heterocycles. The van der Waals surface area contributed by atoms with Gasteiger partial charge in [-0.15, -0.1) is 0 Å². The monoisotopic (exact) mass is 610 g/mol. The molecular formula is C35H44F2N2O5. The summed E-state index contributed by atoms with van der Waals surface area (Å²) in [6.45, 7) is 9.01. The fraction of sp³-hybridized carbons (Fsp3) is 0.429. The van der Waals surface area contributed by atoms with Crippen LogP contribution in [0.4, 0.5) is 8.78 Å². The van der Waals surface area contributed by atoms with Crippen LogP contribution >= 0.6 is 0 Å². The maximum atomic E-state index is 14.0. The lowest BCUT2D eigenvalue weighted by atomic mass is 9.96. The van der Waals surface area contributed by atoms with Crippen LogP contribution in [0.3, 0.4) is 0 Å². The number of carbonyl (C=O) groups excluding carboxylic acids is 2. The summed E-state index contributed by atoms with van der Waals surface area (Å²) in [5.74, 6) is -2.39. The molecule has 2 amide bonds. The third kappa shape index (κ3) is 10.5. The summed E-state index contributed by atoms with van der Waals surface area (Å²) >= 11 is 0. The van der Waals surface area contributed by atoms with Crippen molar-refractivity contribution < 1.29 is 33.3 Å². The summed E-state index contributed by atoms with van der Waals surface area (Å²) in [5, 5.41) is 24.6. The van der Waals surface area contributed by atoms with E-state index in [4.69, 9.17) is 4.74 Å². The minimum Gasteiger partial charge on any atom is -0.388 e. The first-order valence-electron chi connectivity index (χ1n) is 15.2. The van der Waals surface area contributed by atoms with Gasteiger partial charge in [0.05, 0.1) is 19.3 Å². The Balaban J connectivity index is 1.77. The van der Waals surface area contributed by atoms with E-state index in [9.17, 15) is 28.6 Å². The van der Waals surface area contributed by atoms with Gasteiger partial charge in [-0.05, 0) is 86.6 Å². The summed E-state index contributed by atoms with van der Waals surface area (Å²) < 4.78 is 33.6. The Bertz CT molecular complexity index is 1360. The highest BCUT2D eigenvalue weighted by Gasteiger charge is 2.29. The van der Waals surface area contributed by atoms with E-state index in [-0.39, 0.29) is 30.1 Å². The molecule has 3 aromatic rings. The lowest BCUT2D eigenvalue weighted by Gasteiger charge is -2.28. The molecule has 0 unspecified atom stereocenters. The topological polar surface area (TPSA) is 99.1 Å². The lowest BCUT2D eigenvalue weighted by molar-refractivity contribution is -0.0502. The number of aliphatic hydroxyl groups is 2. The Morgan fingerprint density at radius 3 is 2.07 bits per heavy atom. The fourth-order valence-electron chi connectivity index (χ4n) is 5.08. The summed E-state index contributed by atoms with van der Waals surface area (Å²) in [5.41, 5.74) is 3.64. The van der Waals surface area contributed by atoms with Crippen molar-refractivity contribution in [3.8, 4) is 0 Å². The number of aliphatic hydroxyl groups excluding tert-OH is 2. The molecular weight excluding hydrogens is 566 g/mol. The number of nitrogens with one attached hydrogen (secondary N) is 1. The predicted molar refractivity (Wildman–Crippen MR) is 167 cm³/mol. The average molecular weight is 611 g/mol. The van der Waals surface area contributed by atoms with Gasteiger partial charge in [0, 0.05) is 30.3 Å². The second kappa shape index (κ2) is 17.0. The number of ether oxygens (including phenoxy) is 1. The van der Waals surface area contributed by atoms with Gasteiger partial charge in [-0.3, -0.25) is 9.59 Å². The standard InChI is InChI=1S/C35H44F2N2O5/c1-5-12-39(13-6-2)35(43)28-16-24(4)15-27(20-28)34(42)38-31(19-26-17-29(36)21-30(37)18-26)33(41)32(40)22-44-14-11-25-9-7-23(3)8-10-25/h7-10,15-18,20-21,31-33,40-41H,5-6,11-14,19,22H2,1-4H3,(H,38,42)/t31-,32-,33-/m1/s1. The van der Waals surface area contributed by atoms with Crippen molar-refractivity contribution in [2.75, 3.05) is 26.3 Å². The highest BCUT2D eigenvalue weighted by molar-refractivity contribution is 6.00. The van der Waals surface area contributed by atoms with E-state index in [1.165, 1.54) is 6.07 Å². The second-order valence-electron chi connectivity index (χ2n) is 11.3. The van der Waals surface area contributed by atoms with Crippen molar-refractivity contribution in [2.24, 2.45) is 0 Å². The molecule has 44 heavy (non-hydrogen) atoms. The van der Waals surface area contributed by atoms with E-state index < -0.39 is 35.8 Å². The zero-order valence-electron chi connectivity index (χ0n) is 26.0. The molecule has 238 valence electrons. The molecule has 0 aromatic heterocycles. The van der Waals surface area contributed by atoms with Crippen molar-refractivity contribution >= 4 is 11.8 Å². The molecule has 9 heteroatoms.